The van der Waals surface area contributed by atoms with E-state index in [0.29, 0.717) is 39.5 Å². The van der Waals surface area contributed by atoms with Crippen molar-refractivity contribution in [1.82, 2.24) is 0 Å². The van der Waals surface area contributed by atoms with Crippen LogP contribution >= 0.6 is 0 Å². The molecule has 0 atom stereocenters. The van der Waals surface area contributed by atoms with Crippen LogP contribution < -0.4 is 0 Å². The van der Waals surface area contributed by atoms with Gasteiger partial charge in [0.25, 0.3) is 0 Å². The van der Waals surface area contributed by atoms with Gasteiger partial charge >= 0.3 is 5.97 Å². The lowest BCUT2D eigenvalue weighted by Gasteiger charge is -2.18. The molecule has 0 saturated carbocycles. The first kappa shape index (κ1) is 18.4. The zero-order chi connectivity index (χ0) is 14.7. The predicted molar refractivity (Wildman–Crippen MR) is 73.4 cm³/mol. The van der Waals surface area contributed by atoms with Gasteiger partial charge in [-0.05, 0) is 40.5 Å². The highest BCUT2D eigenvalue weighted by Gasteiger charge is 2.25. The van der Waals surface area contributed by atoms with Gasteiger partial charge < -0.3 is 19.3 Å². The molecule has 19 heavy (non-hydrogen) atoms. The van der Waals surface area contributed by atoms with E-state index in [1.165, 1.54) is 0 Å². The Bertz CT molecular complexity index is 238. The average Bonchev–Trinajstić information content (AvgIpc) is 2.30. The summed E-state index contributed by atoms with van der Waals surface area (Å²) in [5, 5.41) is 8.93. The van der Waals surface area contributed by atoms with Crippen LogP contribution in [0.5, 0.6) is 0 Å². The molecule has 0 fully saturated rings. The molecule has 5 nitrogen and oxygen atoms in total. The Kier molecular flexibility index (Phi) is 9.83. The molecule has 0 aromatic carbocycles. The molecule has 0 heterocycles. The van der Waals surface area contributed by atoms with Gasteiger partial charge in [0.2, 0.25) is 0 Å². The fourth-order valence-corrected chi connectivity index (χ4v) is 1.39. The van der Waals surface area contributed by atoms with Crippen LogP contribution in [0.25, 0.3) is 0 Å². The summed E-state index contributed by atoms with van der Waals surface area (Å²) in [7, 11) is 0. The van der Waals surface area contributed by atoms with Gasteiger partial charge in [0.15, 0.2) is 0 Å². The topological polar surface area (TPSA) is 65.0 Å². The molecule has 0 radical (unpaired) electrons. The van der Waals surface area contributed by atoms with Gasteiger partial charge in [-0.15, -0.1) is 0 Å². The van der Waals surface area contributed by atoms with Crippen LogP contribution in [-0.2, 0) is 19.0 Å². The maximum atomic E-state index is 10.9. The molecule has 0 amide bonds. The van der Waals surface area contributed by atoms with E-state index < -0.39 is 11.4 Å². The van der Waals surface area contributed by atoms with Crippen molar-refractivity contribution in [3.63, 3.8) is 0 Å². The largest absolute Gasteiger partial charge is 0.481 e. The van der Waals surface area contributed by atoms with Crippen molar-refractivity contribution in [2.45, 2.75) is 46.6 Å². The summed E-state index contributed by atoms with van der Waals surface area (Å²) in [6, 6.07) is 0. The van der Waals surface area contributed by atoms with Gasteiger partial charge in [0.05, 0.1) is 37.9 Å². The first-order chi connectivity index (χ1) is 8.86. The van der Waals surface area contributed by atoms with Crippen molar-refractivity contribution in [2.24, 2.45) is 5.41 Å². The Morgan fingerprint density at radius 2 is 1.58 bits per heavy atom. The van der Waals surface area contributed by atoms with Crippen LogP contribution in [0.3, 0.4) is 0 Å². The van der Waals surface area contributed by atoms with Gasteiger partial charge in [-0.3, -0.25) is 4.79 Å². The molecule has 0 aliphatic carbocycles. The highest BCUT2D eigenvalue weighted by atomic mass is 16.5. The van der Waals surface area contributed by atoms with Crippen molar-refractivity contribution < 1.29 is 24.1 Å². The van der Waals surface area contributed by atoms with E-state index in [2.05, 4.69) is 0 Å². The number of hydrogen-bond acceptors (Lipinski definition) is 4. The van der Waals surface area contributed by atoms with Crippen LogP contribution in [0.4, 0.5) is 0 Å². The van der Waals surface area contributed by atoms with Crippen molar-refractivity contribution in [3.8, 4) is 0 Å². The monoisotopic (exact) mass is 276 g/mol. The summed E-state index contributed by atoms with van der Waals surface area (Å²) >= 11 is 0. The first-order valence-corrected chi connectivity index (χ1v) is 6.87. The first-order valence-electron chi connectivity index (χ1n) is 6.87. The summed E-state index contributed by atoms with van der Waals surface area (Å²) in [6.07, 6.45) is 1.60. The Hall–Kier alpha value is -0.650. The third kappa shape index (κ3) is 10.9. The highest BCUT2D eigenvalue weighted by Crippen LogP contribution is 2.22. The second kappa shape index (κ2) is 10.2. The normalized spacial score (nSPS) is 12.1. The molecule has 1 N–H and O–H groups in total. The SMILES string of the molecule is CC(C)OCCOCCOCCCC(C)(C)C(=O)O. The van der Waals surface area contributed by atoms with E-state index in [1.807, 2.05) is 13.8 Å². The zero-order valence-electron chi connectivity index (χ0n) is 12.6. The molecule has 114 valence electrons. The molecule has 0 saturated heterocycles. The molecule has 0 bridgehead atoms. The van der Waals surface area contributed by atoms with Gasteiger partial charge in [0, 0.05) is 6.61 Å². The Labute approximate surface area is 116 Å². The number of carbonyl (C=O) groups is 1. The quantitative estimate of drug-likeness (QED) is 0.554. The minimum atomic E-state index is -0.763. The lowest BCUT2D eigenvalue weighted by atomic mass is 9.88. The van der Waals surface area contributed by atoms with Crippen LogP contribution in [0.1, 0.15) is 40.5 Å². The molecule has 0 rings (SSSR count). The van der Waals surface area contributed by atoms with Crippen molar-refractivity contribution in [3.05, 3.63) is 0 Å². The van der Waals surface area contributed by atoms with Crippen LogP contribution in [-0.4, -0.2) is 50.2 Å². The number of carboxylic acid groups (broad SMARTS) is 1. The maximum Gasteiger partial charge on any atom is 0.309 e. The highest BCUT2D eigenvalue weighted by molar-refractivity contribution is 5.73. The van der Waals surface area contributed by atoms with E-state index in [0.717, 1.165) is 6.42 Å². The smallest absolute Gasteiger partial charge is 0.309 e. The Morgan fingerprint density at radius 3 is 2.11 bits per heavy atom. The lowest BCUT2D eigenvalue weighted by molar-refractivity contribution is -0.147. The van der Waals surface area contributed by atoms with Gasteiger partial charge in [0.1, 0.15) is 0 Å². The van der Waals surface area contributed by atoms with Crippen LogP contribution in [0.15, 0.2) is 0 Å². The third-order valence-corrected chi connectivity index (χ3v) is 2.72. The molecule has 0 spiro atoms. The number of rotatable bonds is 12. The lowest BCUT2D eigenvalue weighted by Crippen LogP contribution is -2.24. The minimum absolute atomic E-state index is 0.234. The van der Waals surface area contributed by atoms with Gasteiger partial charge in [-0.25, -0.2) is 0 Å². The molecule has 0 aliphatic rings. The van der Waals surface area contributed by atoms with Crippen LogP contribution in [0, 0.1) is 5.41 Å². The molecule has 5 heteroatoms. The fourth-order valence-electron chi connectivity index (χ4n) is 1.39. The van der Waals surface area contributed by atoms with E-state index in [4.69, 9.17) is 19.3 Å². The van der Waals surface area contributed by atoms with Gasteiger partial charge in [-0.1, -0.05) is 0 Å². The van der Waals surface area contributed by atoms with E-state index in [-0.39, 0.29) is 6.10 Å². The number of aliphatic carboxylic acids is 1. The standard InChI is InChI=1S/C14H28O5/c1-12(2)19-11-10-18-9-8-17-7-5-6-14(3,4)13(15)16/h12H,5-11H2,1-4H3,(H,15,16). The van der Waals surface area contributed by atoms with E-state index in [9.17, 15) is 4.79 Å². The van der Waals surface area contributed by atoms with Crippen LogP contribution in [0.2, 0.25) is 0 Å². The van der Waals surface area contributed by atoms with E-state index in [1.54, 1.807) is 13.8 Å². The molecule has 0 aromatic rings. The molecule has 0 aliphatic heterocycles. The molecular weight excluding hydrogens is 248 g/mol. The summed E-state index contributed by atoms with van der Waals surface area (Å²) < 4.78 is 16.0. The number of hydrogen-bond donors (Lipinski definition) is 1. The predicted octanol–water partition coefficient (Wildman–Crippen LogP) is 2.34. The maximum absolute atomic E-state index is 10.9. The summed E-state index contributed by atoms with van der Waals surface area (Å²) in [6.45, 7) is 10.3. The third-order valence-electron chi connectivity index (χ3n) is 2.72. The molecular formula is C14H28O5. The summed E-state index contributed by atoms with van der Waals surface area (Å²) in [4.78, 5) is 10.9. The zero-order valence-corrected chi connectivity index (χ0v) is 12.6. The summed E-state index contributed by atoms with van der Waals surface area (Å²) in [5.41, 5.74) is -0.673. The van der Waals surface area contributed by atoms with Crippen molar-refractivity contribution in [2.75, 3.05) is 33.0 Å². The Balaban J connectivity index is 3.26. The average molecular weight is 276 g/mol. The number of carboxylic acids is 1. The second-order valence-corrected chi connectivity index (χ2v) is 5.44. The minimum Gasteiger partial charge on any atom is -0.481 e. The van der Waals surface area contributed by atoms with Crippen molar-refractivity contribution >= 4 is 5.97 Å². The van der Waals surface area contributed by atoms with Gasteiger partial charge in [-0.2, -0.15) is 0 Å². The fraction of sp³-hybridized carbons (Fsp3) is 0.929. The number of ether oxygens (including phenoxy) is 3. The van der Waals surface area contributed by atoms with E-state index >= 15 is 0 Å². The molecule has 0 unspecified atom stereocenters. The Morgan fingerprint density at radius 1 is 1.05 bits per heavy atom. The molecule has 0 aromatic heterocycles. The summed E-state index contributed by atoms with van der Waals surface area (Å²) in [5.74, 6) is -0.763. The van der Waals surface area contributed by atoms with Crippen molar-refractivity contribution in [1.29, 1.82) is 0 Å². The second-order valence-electron chi connectivity index (χ2n) is 5.44.